The molecule has 0 heterocycles. The zero-order chi connectivity index (χ0) is 17.1. The molecule has 0 saturated heterocycles. The third-order valence-corrected chi connectivity index (χ3v) is 2.93. The van der Waals surface area contributed by atoms with Crippen LogP contribution in [0.3, 0.4) is 0 Å². The van der Waals surface area contributed by atoms with Gasteiger partial charge in [-0.3, -0.25) is 0 Å². The second kappa shape index (κ2) is 10.8. The van der Waals surface area contributed by atoms with Gasteiger partial charge in [-0.05, 0) is 38.3 Å². The quantitative estimate of drug-likeness (QED) is 0.570. The summed E-state index contributed by atoms with van der Waals surface area (Å²) in [7, 11) is 0. The third-order valence-electron chi connectivity index (χ3n) is 2.93. The fourth-order valence-electron chi connectivity index (χ4n) is 1.93. The molecule has 1 aromatic rings. The molecule has 0 aromatic heterocycles. The number of hydrogen-bond donors (Lipinski definition) is 0. The topological polar surface area (TPSA) is 54.0 Å². The van der Waals surface area contributed by atoms with Gasteiger partial charge in [0.1, 0.15) is 5.56 Å². The molecule has 0 aliphatic rings. The SMILES string of the molecule is CCCOc1ccc(C(=O)OCC)c(OCCC)c1OCCC. The predicted octanol–water partition coefficient (Wildman–Crippen LogP) is 4.23. The molecular formula is C18H28O5. The van der Waals surface area contributed by atoms with Crippen molar-refractivity contribution < 1.29 is 23.7 Å². The molecule has 5 nitrogen and oxygen atoms in total. The van der Waals surface area contributed by atoms with Crippen molar-refractivity contribution in [2.75, 3.05) is 26.4 Å². The molecule has 1 aromatic carbocycles. The lowest BCUT2D eigenvalue weighted by atomic mass is 10.1. The Labute approximate surface area is 138 Å². The van der Waals surface area contributed by atoms with E-state index < -0.39 is 5.97 Å². The molecule has 0 N–H and O–H groups in total. The summed E-state index contributed by atoms with van der Waals surface area (Å²) in [5.41, 5.74) is 0.371. The summed E-state index contributed by atoms with van der Waals surface area (Å²) in [5.74, 6) is 1.08. The summed E-state index contributed by atoms with van der Waals surface area (Å²) < 4.78 is 22.5. The standard InChI is InChI=1S/C18H28O5/c1-5-11-21-15-10-9-14(18(19)20-8-4)16(22-12-6-2)17(15)23-13-7-3/h9-10H,5-8,11-13H2,1-4H3. The molecule has 23 heavy (non-hydrogen) atoms. The van der Waals surface area contributed by atoms with Gasteiger partial charge in [0, 0.05) is 0 Å². The smallest absolute Gasteiger partial charge is 0.342 e. The number of hydrogen-bond acceptors (Lipinski definition) is 5. The number of carbonyl (C=O) groups excluding carboxylic acids is 1. The largest absolute Gasteiger partial charge is 0.490 e. The van der Waals surface area contributed by atoms with Crippen LogP contribution in [0.4, 0.5) is 0 Å². The van der Waals surface area contributed by atoms with Crippen LogP contribution in [0.25, 0.3) is 0 Å². The number of esters is 1. The Kier molecular flexibility index (Phi) is 8.95. The lowest BCUT2D eigenvalue weighted by Crippen LogP contribution is -2.11. The summed E-state index contributed by atoms with van der Waals surface area (Å²) in [4.78, 5) is 12.2. The van der Waals surface area contributed by atoms with Crippen LogP contribution in [0.5, 0.6) is 17.2 Å². The van der Waals surface area contributed by atoms with Gasteiger partial charge in [0.25, 0.3) is 0 Å². The van der Waals surface area contributed by atoms with Crippen molar-refractivity contribution in [2.24, 2.45) is 0 Å². The fraction of sp³-hybridized carbons (Fsp3) is 0.611. The van der Waals surface area contributed by atoms with Gasteiger partial charge in [-0.15, -0.1) is 0 Å². The first kappa shape index (κ1) is 19.1. The molecule has 0 spiro atoms. The molecular weight excluding hydrogens is 296 g/mol. The number of benzene rings is 1. The van der Waals surface area contributed by atoms with Gasteiger partial charge >= 0.3 is 5.97 Å². The van der Waals surface area contributed by atoms with Gasteiger partial charge in [-0.2, -0.15) is 0 Å². The van der Waals surface area contributed by atoms with Crippen molar-refractivity contribution in [3.63, 3.8) is 0 Å². The molecule has 5 heteroatoms. The van der Waals surface area contributed by atoms with E-state index in [4.69, 9.17) is 18.9 Å². The molecule has 1 rings (SSSR count). The van der Waals surface area contributed by atoms with E-state index in [1.807, 2.05) is 20.8 Å². The van der Waals surface area contributed by atoms with Crippen molar-refractivity contribution in [3.05, 3.63) is 17.7 Å². The van der Waals surface area contributed by atoms with Crippen LogP contribution in [-0.4, -0.2) is 32.4 Å². The first-order chi connectivity index (χ1) is 11.2. The Morgan fingerprint density at radius 1 is 0.826 bits per heavy atom. The average molecular weight is 324 g/mol. The predicted molar refractivity (Wildman–Crippen MR) is 89.8 cm³/mol. The first-order valence-electron chi connectivity index (χ1n) is 8.41. The van der Waals surface area contributed by atoms with E-state index in [1.54, 1.807) is 19.1 Å². The van der Waals surface area contributed by atoms with Crippen molar-refractivity contribution in [1.29, 1.82) is 0 Å². The molecule has 130 valence electrons. The third kappa shape index (κ3) is 5.66. The average Bonchev–Trinajstić information content (AvgIpc) is 2.56. The highest BCUT2D eigenvalue weighted by Crippen LogP contribution is 2.41. The summed E-state index contributed by atoms with van der Waals surface area (Å²) in [6.45, 7) is 9.75. The van der Waals surface area contributed by atoms with Gasteiger partial charge in [0.15, 0.2) is 11.5 Å². The van der Waals surface area contributed by atoms with Gasteiger partial charge in [-0.25, -0.2) is 4.79 Å². The maximum atomic E-state index is 12.2. The van der Waals surface area contributed by atoms with E-state index in [0.29, 0.717) is 49.2 Å². The summed E-state index contributed by atoms with van der Waals surface area (Å²) >= 11 is 0. The molecule has 0 radical (unpaired) electrons. The molecule has 0 unspecified atom stereocenters. The Bertz CT molecular complexity index is 485. The van der Waals surface area contributed by atoms with E-state index in [9.17, 15) is 4.79 Å². The maximum absolute atomic E-state index is 12.2. The van der Waals surface area contributed by atoms with Gasteiger partial charge < -0.3 is 18.9 Å². The summed E-state index contributed by atoms with van der Waals surface area (Å²) in [6, 6.07) is 3.42. The van der Waals surface area contributed by atoms with Crippen LogP contribution in [0.15, 0.2) is 12.1 Å². The van der Waals surface area contributed by atoms with E-state index in [0.717, 1.165) is 19.3 Å². The zero-order valence-corrected chi connectivity index (χ0v) is 14.6. The van der Waals surface area contributed by atoms with Crippen molar-refractivity contribution in [2.45, 2.75) is 47.0 Å². The van der Waals surface area contributed by atoms with Crippen molar-refractivity contribution >= 4 is 5.97 Å². The highest BCUT2D eigenvalue weighted by molar-refractivity contribution is 5.94. The highest BCUT2D eigenvalue weighted by Gasteiger charge is 2.23. The minimum Gasteiger partial charge on any atom is -0.490 e. The lowest BCUT2D eigenvalue weighted by Gasteiger charge is -2.19. The van der Waals surface area contributed by atoms with Gasteiger partial charge in [-0.1, -0.05) is 20.8 Å². The van der Waals surface area contributed by atoms with Crippen molar-refractivity contribution in [1.82, 2.24) is 0 Å². The Hall–Kier alpha value is -1.91. The maximum Gasteiger partial charge on any atom is 0.342 e. The lowest BCUT2D eigenvalue weighted by molar-refractivity contribution is 0.0520. The Morgan fingerprint density at radius 3 is 1.96 bits per heavy atom. The number of ether oxygens (including phenoxy) is 4. The summed E-state index contributed by atoms with van der Waals surface area (Å²) in [6.07, 6.45) is 2.57. The van der Waals surface area contributed by atoms with Crippen molar-refractivity contribution in [3.8, 4) is 17.2 Å². The molecule has 0 aliphatic heterocycles. The Morgan fingerprint density at radius 2 is 1.39 bits per heavy atom. The van der Waals surface area contributed by atoms with Crippen LogP contribution in [0.2, 0.25) is 0 Å². The minimum atomic E-state index is -0.415. The minimum absolute atomic E-state index is 0.311. The van der Waals surface area contributed by atoms with E-state index in [-0.39, 0.29) is 0 Å². The monoisotopic (exact) mass is 324 g/mol. The highest BCUT2D eigenvalue weighted by atomic mass is 16.5. The van der Waals surface area contributed by atoms with E-state index in [1.165, 1.54) is 0 Å². The van der Waals surface area contributed by atoms with Gasteiger partial charge in [0.2, 0.25) is 5.75 Å². The summed E-state index contributed by atoms with van der Waals surface area (Å²) in [5, 5.41) is 0. The van der Waals surface area contributed by atoms with E-state index >= 15 is 0 Å². The molecule has 0 fully saturated rings. The molecule has 0 aliphatic carbocycles. The van der Waals surface area contributed by atoms with Crippen LogP contribution >= 0.6 is 0 Å². The molecule has 0 bridgehead atoms. The number of rotatable bonds is 11. The fourth-order valence-corrected chi connectivity index (χ4v) is 1.93. The number of carbonyl (C=O) groups is 1. The first-order valence-corrected chi connectivity index (χ1v) is 8.41. The van der Waals surface area contributed by atoms with Crippen LogP contribution in [0, 0.1) is 0 Å². The second-order valence-corrected chi connectivity index (χ2v) is 5.04. The van der Waals surface area contributed by atoms with E-state index in [2.05, 4.69) is 0 Å². The zero-order valence-electron chi connectivity index (χ0n) is 14.6. The Balaban J connectivity index is 3.26. The van der Waals surface area contributed by atoms with Crippen LogP contribution in [-0.2, 0) is 4.74 Å². The normalized spacial score (nSPS) is 10.3. The van der Waals surface area contributed by atoms with Crippen LogP contribution in [0.1, 0.15) is 57.3 Å². The molecule has 0 atom stereocenters. The molecule has 0 amide bonds. The van der Waals surface area contributed by atoms with Gasteiger partial charge in [0.05, 0.1) is 26.4 Å². The molecule has 0 saturated carbocycles. The van der Waals surface area contributed by atoms with Crippen LogP contribution < -0.4 is 14.2 Å². The second-order valence-electron chi connectivity index (χ2n) is 5.04.